The molecule has 0 aromatic carbocycles. The van der Waals surface area contributed by atoms with E-state index in [-0.39, 0.29) is 24.6 Å². The summed E-state index contributed by atoms with van der Waals surface area (Å²) in [6.07, 6.45) is 1.79. The summed E-state index contributed by atoms with van der Waals surface area (Å²) in [5.74, 6) is -0.474. The second kappa shape index (κ2) is 6.58. The summed E-state index contributed by atoms with van der Waals surface area (Å²) in [6.45, 7) is 2.43. The molecule has 1 unspecified atom stereocenters. The lowest BCUT2D eigenvalue weighted by molar-refractivity contribution is -0.137. The van der Waals surface area contributed by atoms with Crippen LogP contribution < -0.4 is 5.32 Å². The van der Waals surface area contributed by atoms with Crippen molar-refractivity contribution in [1.82, 2.24) is 10.2 Å². The largest absolute Gasteiger partial charge is 0.481 e. The fourth-order valence-corrected chi connectivity index (χ4v) is 2.05. The SMILES string of the molecule is CC(CCC(=O)O)NC(=O)N(C)CC1CC(O)C1. The molecule has 104 valence electrons. The van der Waals surface area contributed by atoms with Crippen LogP contribution in [0.25, 0.3) is 0 Å². The Bertz CT molecular complexity index is 302. The number of carboxylic acid groups (broad SMARTS) is 1. The van der Waals surface area contributed by atoms with Gasteiger partial charge in [-0.15, -0.1) is 0 Å². The van der Waals surface area contributed by atoms with Gasteiger partial charge in [0.15, 0.2) is 0 Å². The molecule has 3 N–H and O–H groups in total. The molecular weight excluding hydrogens is 236 g/mol. The first-order valence-electron chi connectivity index (χ1n) is 6.30. The van der Waals surface area contributed by atoms with Gasteiger partial charge in [0.25, 0.3) is 0 Å². The quantitative estimate of drug-likeness (QED) is 0.652. The maximum atomic E-state index is 11.8. The van der Waals surface area contributed by atoms with Crippen LogP contribution in [0.3, 0.4) is 0 Å². The van der Waals surface area contributed by atoms with Crippen molar-refractivity contribution in [3.8, 4) is 0 Å². The zero-order chi connectivity index (χ0) is 13.7. The van der Waals surface area contributed by atoms with Crippen molar-refractivity contribution in [2.45, 2.75) is 44.8 Å². The van der Waals surface area contributed by atoms with Gasteiger partial charge < -0.3 is 20.4 Å². The van der Waals surface area contributed by atoms with E-state index in [1.807, 2.05) is 0 Å². The summed E-state index contributed by atoms with van der Waals surface area (Å²) in [7, 11) is 1.71. The van der Waals surface area contributed by atoms with Crippen LogP contribution in [0.4, 0.5) is 4.79 Å². The number of aliphatic hydroxyl groups is 1. The zero-order valence-electron chi connectivity index (χ0n) is 10.9. The first-order chi connectivity index (χ1) is 8.38. The van der Waals surface area contributed by atoms with Crippen molar-refractivity contribution in [2.24, 2.45) is 5.92 Å². The van der Waals surface area contributed by atoms with E-state index in [9.17, 15) is 9.59 Å². The van der Waals surface area contributed by atoms with Gasteiger partial charge >= 0.3 is 12.0 Å². The molecule has 2 amide bonds. The molecule has 1 saturated carbocycles. The van der Waals surface area contributed by atoms with Gasteiger partial charge in [0.05, 0.1) is 6.10 Å². The average Bonchev–Trinajstić information content (AvgIpc) is 2.24. The third-order valence-electron chi connectivity index (χ3n) is 3.25. The summed E-state index contributed by atoms with van der Waals surface area (Å²) in [5.41, 5.74) is 0. The fraction of sp³-hybridized carbons (Fsp3) is 0.833. The molecule has 1 aliphatic carbocycles. The Balaban J connectivity index is 2.20. The molecule has 0 bridgehead atoms. The van der Waals surface area contributed by atoms with E-state index in [4.69, 9.17) is 10.2 Å². The molecule has 0 saturated heterocycles. The number of hydrogen-bond donors (Lipinski definition) is 3. The highest BCUT2D eigenvalue weighted by atomic mass is 16.4. The summed E-state index contributed by atoms with van der Waals surface area (Å²) >= 11 is 0. The number of nitrogens with zero attached hydrogens (tertiary/aromatic N) is 1. The van der Waals surface area contributed by atoms with Gasteiger partial charge in [-0.05, 0) is 32.1 Å². The number of rotatable bonds is 6. The molecule has 18 heavy (non-hydrogen) atoms. The number of aliphatic carboxylic acids is 1. The van der Waals surface area contributed by atoms with Gasteiger partial charge in [-0.1, -0.05) is 0 Å². The van der Waals surface area contributed by atoms with Gasteiger partial charge in [-0.2, -0.15) is 0 Å². The molecule has 1 aliphatic rings. The van der Waals surface area contributed by atoms with E-state index in [2.05, 4.69) is 5.32 Å². The number of carbonyl (C=O) groups is 2. The molecule has 6 nitrogen and oxygen atoms in total. The highest BCUT2D eigenvalue weighted by Gasteiger charge is 2.29. The Morgan fingerprint density at radius 2 is 2.06 bits per heavy atom. The van der Waals surface area contributed by atoms with Gasteiger partial charge in [-0.25, -0.2) is 4.79 Å². The third kappa shape index (κ3) is 4.91. The van der Waals surface area contributed by atoms with Crippen LogP contribution in [-0.2, 0) is 4.79 Å². The van der Waals surface area contributed by atoms with Gasteiger partial charge in [0.1, 0.15) is 0 Å². The number of urea groups is 1. The van der Waals surface area contributed by atoms with Gasteiger partial charge in [0.2, 0.25) is 0 Å². The summed E-state index contributed by atoms with van der Waals surface area (Å²) in [4.78, 5) is 23.8. The average molecular weight is 258 g/mol. The third-order valence-corrected chi connectivity index (χ3v) is 3.25. The Morgan fingerprint density at radius 3 is 2.56 bits per heavy atom. The van der Waals surface area contributed by atoms with Crippen LogP contribution in [0.15, 0.2) is 0 Å². The van der Waals surface area contributed by atoms with Crippen LogP contribution in [0.1, 0.15) is 32.6 Å². The molecule has 0 radical (unpaired) electrons. The Hall–Kier alpha value is -1.30. The molecule has 1 rings (SSSR count). The first-order valence-corrected chi connectivity index (χ1v) is 6.30. The van der Waals surface area contributed by atoms with E-state index < -0.39 is 5.97 Å². The zero-order valence-corrected chi connectivity index (χ0v) is 10.9. The Labute approximate surface area is 107 Å². The highest BCUT2D eigenvalue weighted by Crippen LogP contribution is 2.27. The van der Waals surface area contributed by atoms with E-state index in [1.54, 1.807) is 18.9 Å². The van der Waals surface area contributed by atoms with Crippen molar-refractivity contribution in [2.75, 3.05) is 13.6 Å². The minimum absolute atomic E-state index is 0.0555. The number of amides is 2. The minimum atomic E-state index is -0.854. The highest BCUT2D eigenvalue weighted by molar-refractivity contribution is 5.74. The molecule has 1 atom stereocenters. The number of carbonyl (C=O) groups excluding carboxylic acids is 1. The lowest BCUT2D eigenvalue weighted by Gasteiger charge is -2.34. The molecular formula is C12H22N2O4. The first kappa shape index (κ1) is 14.8. The van der Waals surface area contributed by atoms with Crippen LogP contribution >= 0.6 is 0 Å². The number of hydrogen-bond acceptors (Lipinski definition) is 3. The predicted molar refractivity (Wildman–Crippen MR) is 66.2 cm³/mol. The van der Waals surface area contributed by atoms with E-state index in [0.29, 0.717) is 18.9 Å². The predicted octanol–water partition coefficient (Wildman–Crippen LogP) is 0.652. The van der Waals surface area contributed by atoms with Crippen LogP contribution in [-0.4, -0.2) is 52.9 Å². The number of nitrogens with one attached hydrogen (secondary N) is 1. The smallest absolute Gasteiger partial charge is 0.317 e. The van der Waals surface area contributed by atoms with Crippen molar-refractivity contribution >= 4 is 12.0 Å². The van der Waals surface area contributed by atoms with Crippen molar-refractivity contribution in [1.29, 1.82) is 0 Å². The molecule has 0 aromatic heterocycles. The minimum Gasteiger partial charge on any atom is -0.481 e. The summed E-state index contributed by atoms with van der Waals surface area (Å²) in [5, 5.41) is 20.5. The van der Waals surface area contributed by atoms with Crippen molar-refractivity contribution < 1.29 is 19.8 Å². The fourth-order valence-electron chi connectivity index (χ4n) is 2.05. The monoisotopic (exact) mass is 258 g/mol. The molecule has 0 spiro atoms. The molecule has 1 fully saturated rings. The number of aliphatic hydroxyl groups excluding tert-OH is 1. The molecule has 0 aromatic rings. The lowest BCUT2D eigenvalue weighted by atomic mass is 9.82. The standard InChI is InChI=1S/C12H22N2O4/c1-8(3-4-11(16)17)13-12(18)14(2)7-9-5-10(15)6-9/h8-10,15H,3-7H2,1-2H3,(H,13,18)(H,16,17). The second-order valence-corrected chi connectivity index (χ2v) is 5.15. The molecule has 6 heteroatoms. The maximum absolute atomic E-state index is 11.8. The van der Waals surface area contributed by atoms with Crippen molar-refractivity contribution in [3.63, 3.8) is 0 Å². The normalized spacial score (nSPS) is 23.9. The van der Waals surface area contributed by atoms with Gasteiger partial charge in [-0.3, -0.25) is 4.79 Å². The molecule has 0 heterocycles. The van der Waals surface area contributed by atoms with Crippen LogP contribution in [0, 0.1) is 5.92 Å². The van der Waals surface area contributed by atoms with Crippen molar-refractivity contribution in [3.05, 3.63) is 0 Å². The maximum Gasteiger partial charge on any atom is 0.317 e. The summed E-state index contributed by atoms with van der Waals surface area (Å²) in [6, 6.07) is -0.336. The van der Waals surface area contributed by atoms with E-state index >= 15 is 0 Å². The number of carboxylic acids is 1. The van der Waals surface area contributed by atoms with E-state index in [1.165, 1.54) is 0 Å². The summed E-state index contributed by atoms with van der Waals surface area (Å²) < 4.78 is 0. The van der Waals surface area contributed by atoms with E-state index in [0.717, 1.165) is 12.8 Å². The lowest BCUT2D eigenvalue weighted by Crippen LogP contribution is -2.46. The second-order valence-electron chi connectivity index (χ2n) is 5.15. The topological polar surface area (TPSA) is 89.9 Å². The Kier molecular flexibility index (Phi) is 5.40. The Morgan fingerprint density at radius 1 is 1.44 bits per heavy atom. The van der Waals surface area contributed by atoms with Crippen LogP contribution in [0.5, 0.6) is 0 Å². The molecule has 0 aliphatic heterocycles. The van der Waals surface area contributed by atoms with Gasteiger partial charge in [0, 0.05) is 26.1 Å². The van der Waals surface area contributed by atoms with Crippen LogP contribution in [0.2, 0.25) is 0 Å².